The summed E-state index contributed by atoms with van der Waals surface area (Å²) in [4.78, 5) is 22.2. The highest BCUT2D eigenvalue weighted by Gasteiger charge is 2.26. The quantitative estimate of drug-likeness (QED) is 0.442. The first kappa shape index (κ1) is 26.4. The van der Waals surface area contributed by atoms with Gasteiger partial charge in [-0.05, 0) is 87.3 Å². The van der Waals surface area contributed by atoms with Gasteiger partial charge in [0.15, 0.2) is 0 Å². The van der Waals surface area contributed by atoms with Gasteiger partial charge in [0, 0.05) is 24.6 Å². The Morgan fingerprint density at radius 3 is 2.24 bits per heavy atom. The topological polar surface area (TPSA) is 83.7 Å². The summed E-state index contributed by atoms with van der Waals surface area (Å²) >= 11 is 0. The predicted molar refractivity (Wildman–Crippen MR) is 146 cm³/mol. The normalized spacial score (nSPS) is 17.7. The molecule has 0 atom stereocenters. The van der Waals surface area contributed by atoms with E-state index in [-0.39, 0.29) is 11.8 Å². The summed E-state index contributed by atoms with van der Waals surface area (Å²) in [5.74, 6) is 2.16. The number of piperidine rings is 1. The zero-order chi connectivity index (χ0) is 26.2. The van der Waals surface area contributed by atoms with Crippen molar-refractivity contribution in [2.75, 3.05) is 33.3 Å². The zero-order valence-electron chi connectivity index (χ0n) is 22.4. The fourth-order valence-electron chi connectivity index (χ4n) is 5.37. The monoisotopic (exact) mass is 517 g/mol. The maximum Gasteiger partial charge on any atom is 0.241 e. The second-order valence-electron chi connectivity index (χ2n) is 10.5. The Hall–Kier alpha value is -3.23. The number of ether oxygens (including phenoxy) is 1. The zero-order valence-corrected chi connectivity index (χ0v) is 22.4. The van der Waals surface area contributed by atoms with Crippen LogP contribution in [-0.4, -0.2) is 59.1 Å². The number of nitrogens with one attached hydrogen (secondary N) is 1. The van der Waals surface area contributed by atoms with Crippen LogP contribution in [0.3, 0.4) is 0 Å². The smallest absolute Gasteiger partial charge is 0.241 e. The molecule has 0 bridgehead atoms. The molecule has 2 saturated heterocycles. The molecule has 8 heteroatoms. The van der Waals surface area contributed by atoms with Crippen molar-refractivity contribution in [1.29, 1.82) is 0 Å². The minimum atomic E-state index is 0.0473. The van der Waals surface area contributed by atoms with E-state index in [2.05, 4.69) is 49.5 Å². The van der Waals surface area contributed by atoms with Crippen LogP contribution >= 0.6 is 0 Å². The van der Waals surface area contributed by atoms with Crippen LogP contribution in [0.4, 0.5) is 0 Å². The Morgan fingerprint density at radius 1 is 0.895 bits per heavy atom. The second-order valence-corrected chi connectivity index (χ2v) is 10.5. The van der Waals surface area contributed by atoms with Gasteiger partial charge >= 0.3 is 0 Å². The molecule has 202 valence electrons. The summed E-state index contributed by atoms with van der Waals surface area (Å²) in [6.07, 6.45) is 7.01. The van der Waals surface area contributed by atoms with E-state index in [1.807, 2.05) is 24.3 Å². The van der Waals surface area contributed by atoms with E-state index in [9.17, 15) is 4.79 Å². The molecule has 0 unspecified atom stereocenters. The molecule has 2 aromatic carbocycles. The summed E-state index contributed by atoms with van der Waals surface area (Å²) in [6, 6.07) is 16.3. The molecule has 3 heterocycles. The van der Waals surface area contributed by atoms with Crippen molar-refractivity contribution in [3.05, 3.63) is 65.5 Å². The van der Waals surface area contributed by atoms with Crippen molar-refractivity contribution in [1.82, 2.24) is 25.3 Å². The van der Waals surface area contributed by atoms with Crippen LogP contribution < -0.4 is 10.1 Å². The standard InChI is InChI=1S/C30H39N5O3/c1-37-27-12-10-25(11-13-27)29-32-28(38-33-29)22-35-18-14-26(15-19-35)30(36)31-20-23-6-8-24(9-7-23)21-34-16-4-2-3-5-17-34/h6-13,26H,2-5,14-22H2,1H3,(H,31,36). The molecule has 3 aromatic rings. The average molecular weight is 518 g/mol. The summed E-state index contributed by atoms with van der Waals surface area (Å²) < 4.78 is 10.7. The number of likely N-dealkylation sites (tertiary alicyclic amines) is 2. The molecule has 1 amide bonds. The van der Waals surface area contributed by atoms with E-state index in [4.69, 9.17) is 9.26 Å². The number of amides is 1. The molecular formula is C30H39N5O3. The Labute approximate surface area is 225 Å². The molecule has 2 fully saturated rings. The Kier molecular flexibility index (Phi) is 9.04. The summed E-state index contributed by atoms with van der Waals surface area (Å²) in [5, 5.41) is 7.28. The molecule has 0 aliphatic carbocycles. The SMILES string of the molecule is COc1ccc(-c2noc(CN3CCC(C(=O)NCc4ccc(CN5CCCCCC5)cc4)CC3)n2)cc1. The summed E-state index contributed by atoms with van der Waals surface area (Å²) in [7, 11) is 1.64. The number of rotatable bonds is 9. The minimum Gasteiger partial charge on any atom is -0.497 e. The lowest BCUT2D eigenvalue weighted by Crippen LogP contribution is -2.40. The van der Waals surface area contributed by atoms with E-state index in [0.717, 1.165) is 49.4 Å². The molecule has 0 saturated carbocycles. The summed E-state index contributed by atoms with van der Waals surface area (Å²) in [6.45, 7) is 6.29. The fourth-order valence-corrected chi connectivity index (χ4v) is 5.37. The van der Waals surface area contributed by atoms with Crippen LogP contribution in [0.2, 0.25) is 0 Å². The van der Waals surface area contributed by atoms with Crippen molar-refractivity contribution in [2.24, 2.45) is 5.92 Å². The molecule has 2 aliphatic heterocycles. The van der Waals surface area contributed by atoms with Gasteiger partial charge in [-0.1, -0.05) is 42.3 Å². The first-order valence-electron chi connectivity index (χ1n) is 13.9. The highest BCUT2D eigenvalue weighted by molar-refractivity contribution is 5.78. The number of methoxy groups -OCH3 is 1. The highest BCUT2D eigenvalue weighted by Crippen LogP contribution is 2.22. The molecule has 38 heavy (non-hydrogen) atoms. The van der Waals surface area contributed by atoms with Gasteiger partial charge in [-0.25, -0.2) is 0 Å². The molecular weight excluding hydrogens is 478 g/mol. The van der Waals surface area contributed by atoms with Crippen LogP contribution in [0, 0.1) is 5.92 Å². The van der Waals surface area contributed by atoms with Gasteiger partial charge in [-0.15, -0.1) is 0 Å². The van der Waals surface area contributed by atoms with Gasteiger partial charge in [0.1, 0.15) is 5.75 Å². The number of nitrogens with zero attached hydrogens (tertiary/aromatic N) is 4. The molecule has 1 aromatic heterocycles. The number of aromatic nitrogens is 2. The van der Waals surface area contributed by atoms with Crippen molar-refractivity contribution >= 4 is 5.91 Å². The molecule has 0 spiro atoms. The van der Waals surface area contributed by atoms with E-state index in [0.29, 0.717) is 24.8 Å². The number of benzene rings is 2. The Bertz CT molecular complexity index is 1150. The average Bonchev–Trinajstić information content (AvgIpc) is 3.27. The van der Waals surface area contributed by atoms with Crippen molar-refractivity contribution in [3.63, 3.8) is 0 Å². The van der Waals surface area contributed by atoms with Crippen LogP contribution in [-0.2, 0) is 24.4 Å². The van der Waals surface area contributed by atoms with Gasteiger partial charge in [0.05, 0.1) is 13.7 Å². The molecule has 2 aliphatic rings. The lowest BCUT2D eigenvalue weighted by molar-refractivity contribution is -0.126. The maximum absolute atomic E-state index is 12.8. The van der Waals surface area contributed by atoms with Crippen LogP contribution in [0.15, 0.2) is 53.1 Å². The summed E-state index contributed by atoms with van der Waals surface area (Å²) in [5.41, 5.74) is 3.40. The molecule has 8 nitrogen and oxygen atoms in total. The number of carbonyl (C=O) groups is 1. The van der Waals surface area contributed by atoms with E-state index in [1.165, 1.54) is 44.3 Å². The largest absolute Gasteiger partial charge is 0.497 e. The van der Waals surface area contributed by atoms with Crippen LogP contribution in [0.25, 0.3) is 11.4 Å². The van der Waals surface area contributed by atoms with Gasteiger partial charge < -0.3 is 14.6 Å². The van der Waals surface area contributed by atoms with Crippen molar-refractivity contribution in [2.45, 2.75) is 58.2 Å². The number of hydrogen-bond acceptors (Lipinski definition) is 7. The lowest BCUT2D eigenvalue weighted by Gasteiger charge is -2.30. The third-order valence-electron chi connectivity index (χ3n) is 7.73. The van der Waals surface area contributed by atoms with Crippen LogP contribution in [0.5, 0.6) is 5.75 Å². The van der Waals surface area contributed by atoms with Crippen molar-refractivity contribution < 1.29 is 14.1 Å². The molecule has 1 N–H and O–H groups in total. The lowest BCUT2D eigenvalue weighted by atomic mass is 9.96. The van der Waals surface area contributed by atoms with Gasteiger partial charge in [-0.2, -0.15) is 4.98 Å². The maximum atomic E-state index is 12.8. The van der Waals surface area contributed by atoms with E-state index >= 15 is 0 Å². The predicted octanol–water partition coefficient (Wildman–Crippen LogP) is 4.65. The molecule has 5 rings (SSSR count). The third kappa shape index (κ3) is 7.20. The molecule has 0 radical (unpaired) electrons. The number of carbonyl (C=O) groups excluding carboxylic acids is 1. The highest BCUT2D eigenvalue weighted by atomic mass is 16.5. The number of hydrogen-bond donors (Lipinski definition) is 1. The van der Waals surface area contributed by atoms with Gasteiger partial charge in [0.2, 0.25) is 17.6 Å². The first-order chi connectivity index (χ1) is 18.7. The Morgan fingerprint density at radius 2 is 1.55 bits per heavy atom. The van der Waals surface area contributed by atoms with E-state index in [1.54, 1.807) is 7.11 Å². The third-order valence-corrected chi connectivity index (χ3v) is 7.73. The van der Waals surface area contributed by atoms with Gasteiger partial charge in [0.25, 0.3) is 0 Å². The van der Waals surface area contributed by atoms with Crippen molar-refractivity contribution in [3.8, 4) is 17.1 Å². The minimum absolute atomic E-state index is 0.0473. The first-order valence-corrected chi connectivity index (χ1v) is 13.9. The van der Waals surface area contributed by atoms with E-state index < -0.39 is 0 Å². The fraction of sp³-hybridized carbons (Fsp3) is 0.500. The Balaban J connectivity index is 1.03. The second kappa shape index (κ2) is 13.0. The van der Waals surface area contributed by atoms with Gasteiger partial charge in [-0.3, -0.25) is 14.6 Å². The van der Waals surface area contributed by atoms with Crippen LogP contribution in [0.1, 0.15) is 55.5 Å².